The van der Waals surface area contributed by atoms with Crippen LogP contribution >= 0.6 is 23.5 Å². The summed E-state index contributed by atoms with van der Waals surface area (Å²) in [6, 6.07) is 0.401. The van der Waals surface area contributed by atoms with Gasteiger partial charge in [-0.25, -0.2) is 0 Å². The van der Waals surface area contributed by atoms with E-state index in [2.05, 4.69) is 34.0 Å². The lowest BCUT2D eigenvalue weighted by molar-refractivity contribution is 0.624. The molecule has 0 spiro atoms. The summed E-state index contributed by atoms with van der Waals surface area (Å²) in [5, 5.41) is 4.61. The van der Waals surface area contributed by atoms with E-state index in [0.717, 1.165) is 29.4 Å². The summed E-state index contributed by atoms with van der Waals surface area (Å²) in [7, 11) is 0. The first-order valence-corrected chi connectivity index (χ1v) is 8.43. The van der Waals surface area contributed by atoms with E-state index in [1.807, 2.05) is 11.8 Å². The minimum absolute atomic E-state index is 0.401. The summed E-state index contributed by atoms with van der Waals surface area (Å²) in [4.78, 5) is 0. The first-order chi connectivity index (χ1) is 8.83. The highest BCUT2D eigenvalue weighted by molar-refractivity contribution is 7.99. The minimum Gasteiger partial charge on any atom is -0.310 e. The Morgan fingerprint density at radius 3 is 3.11 bits per heavy atom. The zero-order valence-corrected chi connectivity index (χ0v) is 12.7. The second-order valence-corrected chi connectivity index (χ2v) is 6.21. The Hall–Kier alpha value is -0.390. The quantitative estimate of drug-likeness (QED) is 0.639. The highest BCUT2D eigenvalue weighted by Gasteiger charge is 2.20. The maximum atomic E-state index is 4.49. The number of thioether (sulfide) groups is 1. The van der Waals surface area contributed by atoms with Crippen LogP contribution in [-0.4, -0.2) is 27.1 Å². The van der Waals surface area contributed by atoms with Crippen molar-refractivity contribution in [3.8, 4) is 0 Å². The lowest BCUT2D eigenvalue weighted by Crippen LogP contribution is -2.31. The van der Waals surface area contributed by atoms with Crippen LogP contribution in [0.25, 0.3) is 5.57 Å². The van der Waals surface area contributed by atoms with Crippen LogP contribution in [0.15, 0.2) is 11.1 Å². The predicted molar refractivity (Wildman–Crippen MR) is 80.2 cm³/mol. The molecule has 0 aromatic carbocycles. The van der Waals surface area contributed by atoms with Crippen molar-refractivity contribution in [3.05, 3.63) is 11.8 Å². The third-order valence-corrected chi connectivity index (χ3v) is 4.84. The molecule has 1 aliphatic rings. The summed E-state index contributed by atoms with van der Waals surface area (Å²) in [5.41, 5.74) is 2.44. The Morgan fingerprint density at radius 2 is 2.33 bits per heavy atom. The van der Waals surface area contributed by atoms with Gasteiger partial charge >= 0.3 is 0 Å². The van der Waals surface area contributed by atoms with Crippen molar-refractivity contribution in [2.45, 2.75) is 50.6 Å². The van der Waals surface area contributed by atoms with E-state index < -0.39 is 0 Å². The highest BCUT2D eigenvalue weighted by atomic mass is 32.2. The maximum absolute atomic E-state index is 4.49. The van der Waals surface area contributed by atoms with Gasteiger partial charge in [-0.15, -0.1) is 11.8 Å². The predicted octanol–water partition coefficient (Wildman–Crippen LogP) is 3.59. The second-order valence-electron chi connectivity index (χ2n) is 4.60. The summed E-state index contributed by atoms with van der Waals surface area (Å²) in [5.74, 6) is 1.15. The summed E-state index contributed by atoms with van der Waals surface area (Å²) < 4.78 is 8.94. The lowest BCUT2D eigenvalue weighted by atomic mass is 10.0. The van der Waals surface area contributed by atoms with Crippen LogP contribution in [-0.2, 0) is 0 Å². The van der Waals surface area contributed by atoms with E-state index in [9.17, 15) is 0 Å². The number of nitrogens with zero attached hydrogens (tertiary/aromatic N) is 2. The molecular formula is C13H21N3S2. The normalized spacial score (nSPS) is 19.9. The molecule has 0 radical (unpaired) electrons. The van der Waals surface area contributed by atoms with Crippen molar-refractivity contribution in [1.82, 2.24) is 14.1 Å². The first-order valence-electron chi connectivity index (χ1n) is 6.72. The Bertz CT molecular complexity index is 401. The van der Waals surface area contributed by atoms with Gasteiger partial charge in [-0.2, -0.15) is 8.75 Å². The third-order valence-electron chi connectivity index (χ3n) is 3.14. The summed E-state index contributed by atoms with van der Waals surface area (Å²) >= 11 is 3.19. The van der Waals surface area contributed by atoms with Gasteiger partial charge in [0.15, 0.2) is 0 Å². The standard InChI is InChI=1S/C13H21N3S2/c1-3-4-5-9-17-13-12(15-18-16-13)11-7-6-8-14-10(11)2/h7,10,14H,3-6,8-9H2,1-2H3. The van der Waals surface area contributed by atoms with Gasteiger partial charge in [-0.3, -0.25) is 0 Å². The van der Waals surface area contributed by atoms with Crippen molar-refractivity contribution in [2.24, 2.45) is 0 Å². The fourth-order valence-electron chi connectivity index (χ4n) is 2.09. The maximum Gasteiger partial charge on any atom is 0.138 e. The van der Waals surface area contributed by atoms with Crippen molar-refractivity contribution < 1.29 is 0 Å². The van der Waals surface area contributed by atoms with Crippen LogP contribution in [0, 0.1) is 0 Å². The number of aromatic nitrogens is 2. The van der Waals surface area contributed by atoms with Crippen LogP contribution < -0.4 is 5.32 Å². The molecule has 1 aliphatic heterocycles. The minimum atomic E-state index is 0.401. The van der Waals surface area contributed by atoms with Gasteiger partial charge in [0.1, 0.15) is 10.7 Å². The Morgan fingerprint density at radius 1 is 1.44 bits per heavy atom. The van der Waals surface area contributed by atoms with Crippen molar-refractivity contribution in [3.63, 3.8) is 0 Å². The second kappa shape index (κ2) is 7.26. The van der Waals surface area contributed by atoms with Crippen molar-refractivity contribution in [2.75, 3.05) is 12.3 Å². The van der Waals surface area contributed by atoms with E-state index in [0.29, 0.717) is 6.04 Å². The fourth-order valence-corrected chi connectivity index (χ4v) is 3.77. The summed E-state index contributed by atoms with van der Waals surface area (Å²) in [6.07, 6.45) is 7.26. The van der Waals surface area contributed by atoms with Gasteiger partial charge in [0.25, 0.3) is 0 Å². The van der Waals surface area contributed by atoms with E-state index in [-0.39, 0.29) is 0 Å². The highest BCUT2D eigenvalue weighted by Crippen LogP contribution is 2.30. The molecule has 1 unspecified atom stereocenters. The molecule has 0 fully saturated rings. The van der Waals surface area contributed by atoms with Gasteiger partial charge in [0, 0.05) is 6.04 Å². The molecule has 5 heteroatoms. The topological polar surface area (TPSA) is 37.8 Å². The van der Waals surface area contributed by atoms with Crippen LogP contribution in [0.3, 0.4) is 0 Å². The molecule has 3 nitrogen and oxygen atoms in total. The SMILES string of the molecule is CCCCCSc1nsnc1C1=CCCNC1C. The van der Waals surface area contributed by atoms with Crippen LogP contribution in [0.4, 0.5) is 0 Å². The van der Waals surface area contributed by atoms with Crippen molar-refractivity contribution >= 4 is 29.1 Å². The van der Waals surface area contributed by atoms with E-state index in [4.69, 9.17) is 0 Å². The van der Waals surface area contributed by atoms with E-state index >= 15 is 0 Å². The molecule has 1 aromatic heterocycles. The van der Waals surface area contributed by atoms with Crippen molar-refractivity contribution in [1.29, 1.82) is 0 Å². The molecule has 1 N–H and O–H groups in total. The smallest absolute Gasteiger partial charge is 0.138 e. The van der Waals surface area contributed by atoms with Crippen LogP contribution in [0.1, 0.15) is 45.2 Å². The van der Waals surface area contributed by atoms with E-state index in [1.54, 1.807) is 0 Å². The van der Waals surface area contributed by atoms with Gasteiger partial charge in [-0.1, -0.05) is 25.8 Å². The Kier molecular flexibility index (Phi) is 5.66. The average Bonchev–Trinajstić information content (AvgIpc) is 2.83. The molecule has 0 saturated carbocycles. The number of hydrogen-bond donors (Lipinski definition) is 1. The summed E-state index contributed by atoms with van der Waals surface area (Å²) in [6.45, 7) is 5.51. The zero-order valence-electron chi connectivity index (χ0n) is 11.1. The third kappa shape index (κ3) is 3.56. The molecule has 0 amide bonds. The largest absolute Gasteiger partial charge is 0.310 e. The van der Waals surface area contributed by atoms with Crippen LogP contribution in [0.5, 0.6) is 0 Å². The zero-order chi connectivity index (χ0) is 12.8. The van der Waals surface area contributed by atoms with Gasteiger partial charge in [-0.05, 0) is 37.6 Å². The average molecular weight is 283 g/mol. The number of hydrogen-bond acceptors (Lipinski definition) is 5. The molecule has 1 aromatic rings. The lowest BCUT2D eigenvalue weighted by Gasteiger charge is -2.21. The van der Waals surface area contributed by atoms with E-state index in [1.165, 1.54) is 36.6 Å². The molecule has 2 rings (SSSR count). The molecule has 0 aliphatic carbocycles. The molecular weight excluding hydrogens is 262 g/mol. The first kappa shape index (κ1) is 14.0. The fraction of sp³-hybridized carbons (Fsp3) is 0.692. The van der Waals surface area contributed by atoms with Gasteiger partial charge in [0.2, 0.25) is 0 Å². The Balaban J connectivity index is 2.00. The number of rotatable bonds is 6. The van der Waals surface area contributed by atoms with Gasteiger partial charge in [0.05, 0.1) is 11.7 Å². The number of unbranched alkanes of at least 4 members (excludes halogenated alkanes) is 2. The molecule has 100 valence electrons. The number of nitrogens with one attached hydrogen (secondary N) is 1. The molecule has 0 bridgehead atoms. The Labute approximate surface area is 118 Å². The molecule has 1 atom stereocenters. The monoisotopic (exact) mass is 283 g/mol. The van der Waals surface area contributed by atoms with Gasteiger partial charge < -0.3 is 5.32 Å². The molecule has 2 heterocycles. The van der Waals surface area contributed by atoms with Crippen LogP contribution in [0.2, 0.25) is 0 Å². The molecule has 18 heavy (non-hydrogen) atoms. The molecule has 0 saturated heterocycles.